The summed E-state index contributed by atoms with van der Waals surface area (Å²) >= 11 is 8.44. The Morgan fingerprint density at radius 1 is 1.19 bits per heavy atom. The number of rotatable bonds is 4. The number of carbonyl (C=O) groups is 1. The Morgan fingerprint density at radius 3 is 2.52 bits per heavy atom. The maximum atomic E-state index is 12.3. The van der Waals surface area contributed by atoms with Gasteiger partial charge in [0.1, 0.15) is 10.3 Å². The lowest BCUT2D eigenvalue weighted by Crippen LogP contribution is -2.39. The molecule has 3 heterocycles. The summed E-state index contributed by atoms with van der Waals surface area (Å²) in [6, 6.07) is 6.24. The van der Waals surface area contributed by atoms with E-state index in [9.17, 15) is 13.2 Å². The standard InChI is InChI=1S/C12H11ClN2O3S3/c13-10-3-1-8(19-10)9-2-4-11(20-9)21(17,18)15-7-5-6-14-12(7)16/h1-4,7,15H,5-6H2,(H,14,16)/t7-/m0/s1. The molecule has 21 heavy (non-hydrogen) atoms. The molecule has 1 amide bonds. The number of sulfonamides is 1. The lowest BCUT2D eigenvalue weighted by Gasteiger charge is -2.08. The second-order valence-corrected chi connectivity index (χ2v) is 9.22. The minimum atomic E-state index is -3.68. The molecule has 0 unspecified atom stereocenters. The number of carbonyl (C=O) groups excluding carboxylic acids is 1. The van der Waals surface area contributed by atoms with Crippen LogP contribution in [0.15, 0.2) is 28.5 Å². The van der Waals surface area contributed by atoms with Crippen LogP contribution >= 0.6 is 34.3 Å². The average Bonchev–Trinajstić information content (AvgIpc) is 3.11. The van der Waals surface area contributed by atoms with Crippen LogP contribution in [0.4, 0.5) is 0 Å². The molecule has 3 rings (SSSR count). The summed E-state index contributed by atoms with van der Waals surface area (Å²) in [5, 5.41) is 2.60. The Hall–Kier alpha value is -0.930. The van der Waals surface area contributed by atoms with Crippen LogP contribution in [-0.2, 0) is 14.8 Å². The van der Waals surface area contributed by atoms with Gasteiger partial charge in [0.25, 0.3) is 10.0 Å². The van der Waals surface area contributed by atoms with Crippen LogP contribution in [-0.4, -0.2) is 26.9 Å². The van der Waals surface area contributed by atoms with E-state index >= 15 is 0 Å². The summed E-state index contributed by atoms with van der Waals surface area (Å²) in [5.41, 5.74) is 0. The number of thiophene rings is 2. The highest BCUT2D eigenvalue weighted by Gasteiger charge is 2.30. The highest BCUT2D eigenvalue weighted by Crippen LogP contribution is 2.36. The number of hydrogen-bond acceptors (Lipinski definition) is 5. The van der Waals surface area contributed by atoms with Crippen molar-refractivity contribution in [3.63, 3.8) is 0 Å². The van der Waals surface area contributed by atoms with E-state index in [0.717, 1.165) is 21.1 Å². The molecule has 1 atom stereocenters. The highest BCUT2D eigenvalue weighted by atomic mass is 35.5. The van der Waals surface area contributed by atoms with Crippen molar-refractivity contribution in [2.75, 3.05) is 6.54 Å². The molecule has 1 saturated heterocycles. The van der Waals surface area contributed by atoms with Crippen molar-refractivity contribution < 1.29 is 13.2 Å². The van der Waals surface area contributed by atoms with Crippen molar-refractivity contribution in [2.45, 2.75) is 16.7 Å². The predicted octanol–water partition coefficient (Wildman–Crippen LogP) is 2.30. The van der Waals surface area contributed by atoms with Gasteiger partial charge in [0.2, 0.25) is 5.91 Å². The van der Waals surface area contributed by atoms with Crippen molar-refractivity contribution in [1.29, 1.82) is 0 Å². The van der Waals surface area contributed by atoms with Crippen molar-refractivity contribution in [1.82, 2.24) is 10.0 Å². The summed E-state index contributed by atoms with van der Waals surface area (Å²) in [7, 11) is -3.68. The van der Waals surface area contributed by atoms with E-state index in [0.29, 0.717) is 17.3 Å². The van der Waals surface area contributed by atoms with Gasteiger partial charge in [-0.25, -0.2) is 8.42 Å². The Morgan fingerprint density at radius 2 is 1.90 bits per heavy atom. The van der Waals surface area contributed by atoms with E-state index in [-0.39, 0.29) is 10.1 Å². The van der Waals surface area contributed by atoms with Crippen molar-refractivity contribution in [3.05, 3.63) is 28.6 Å². The summed E-state index contributed by atoms with van der Waals surface area (Å²) in [6.45, 7) is 0.495. The second kappa shape index (κ2) is 5.69. The van der Waals surface area contributed by atoms with Crippen LogP contribution in [0.25, 0.3) is 9.75 Å². The number of halogens is 1. The molecule has 0 radical (unpaired) electrons. The van der Waals surface area contributed by atoms with Crippen LogP contribution in [0.2, 0.25) is 4.34 Å². The van der Waals surface area contributed by atoms with Gasteiger partial charge >= 0.3 is 0 Å². The molecular formula is C12H11ClN2O3S3. The first kappa shape index (κ1) is 15.0. The highest BCUT2D eigenvalue weighted by molar-refractivity contribution is 7.91. The Bertz CT molecular complexity index is 781. The SMILES string of the molecule is O=C1NCC[C@@H]1NS(=O)(=O)c1ccc(-c2ccc(Cl)s2)s1. The van der Waals surface area contributed by atoms with Gasteiger partial charge in [-0.1, -0.05) is 11.6 Å². The Kier molecular flexibility index (Phi) is 4.06. The van der Waals surface area contributed by atoms with E-state index in [2.05, 4.69) is 10.0 Å². The fourth-order valence-corrected chi connectivity index (χ4v) is 5.68. The smallest absolute Gasteiger partial charge is 0.250 e. The zero-order valence-corrected chi connectivity index (χ0v) is 13.8. The van der Waals surface area contributed by atoms with Gasteiger partial charge in [-0.2, -0.15) is 4.72 Å². The minimum absolute atomic E-state index is 0.196. The maximum Gasteiger partial charge on any atom is 0.250 e. The first-order chi connectivity index (χ1) is 9.95. The third-order valence-corrected chi connectivity index (χ3v) is 7.48. The predicted molar refractivity (Wildman–Crippen MR) is 84.4 cm³/mol. The lowest BCUT2D eigenvalue weighted by molar-refractivity contribution is -0.120. The van der Waals surface area contributed by atoms with Gasteiger partial charge in [0.15, 0.2) is 0 Å². The Balaban J connectivity index is 1.83. The monoisotopic (exact) mass is 362 g/mol. The van der Waals surface area contributed by atoms with E-state index in [1.165, 1.54) is 11.3 Å². The summed E-state index contributed by atoms with van der Waals surface area (Å²) < 4.78 is 27.9. The van der Waals surface area contributed by atoms with Crippen LogP contribution in [0.5, 0.6) is 0 Å². The van der Waals surface area contributed by atoms with E-state index in [1.54, 1.807) is 18.2 Å². The van der Waals surface area contributed by atoms with Gasteiger partial charge in [-0.3, -0.25) is 4.79 Å². The quantitative estimate of drug-likeness (QED) is 0.876. The summed E-state index contributed by atoms with van der Waals surface area (Å²) in [4.78, 5) is 13.2. The first-order valence-corrected chi connectivity index (χ1v) is 9.61. The average molecular weight is 363 g/mol. The van der Waals surface area contributed by atoms with Gasteiger partial charge in [-0.05, 0) is 30.7 Å². The molecule has 2 aromatic rings. The van der Waals surface area contributed by atoms with Crippen molar-refractivity contribution in [3.8, 4) is 9.75 Å². The molecular weight excluding hydrogens is 352 g/mol. The van der Waals surface area contributed by atoms with Crippen LogP contribution in [0, 0.1) is 0 Å². The largest absolute Gasteiger partial charge is 0.355 e. The maximum absolute atomic E-state index is 12.3. The Labute approximate surface area is 135 Å². The third kappa shape index (κ3) is 3.14. The van der Waals surface area contributed by atoms with Crippen molar-refractivity contribution in [2.24, 2.45) is 0 Å². The van der Waals surface area contributed by atoms with Crippen LogP contribution < -0.4 is 10.0 Å². The molecule has 0 aromatic carbocycles. The first-order valence-electron chi connectivity index (χ1n) is 6.11. The minimum Gasteiger partial charge on any atom is -0.355 e. The van der Waals surface area contributed by atoms with Crippen LogP contribution in [0.1, 0.15) is 6.42 Å². The second-order valence-electron chi connectivity index (χ2n) is 4.48. The molecule has 0 aliphatic carbocycles. The lowest BCUT2D eigenvalue weighted by atomic mass is 10.3. The molecule has 1 aliphatic heterocycles. The zero-order chi connectivity index (χ0) is 15.0. The summed E-state index contributed by atoms with van der Waals surface area (Å²) in [5.74, 6) is -0.277. The fourth-order valence-electron chi connectivity index (χ4n) is 2.00. The molecule has 1 fully saturated rings. The fraction of sp³-hybridized carbons (Fsp3) is 0.250. The van der Waals surface area contributed by atoms with E-state index in [4.69, 9.17) is 11.6 Å². The molecule has 2 N–H and O–H groups in total. The molecule has 112 valence electrons. The molecule has 9 heteroatoms. The molecule has 2 aromatic heterocycles. The number of amides is 1. The van der Waals surface area contributed by atoms with Crippen LogP contribution in [0.3, 0.4) is 0 Å². The van der Waals surface area contributed by atoms with E-state index in [1.807, 2.05) is 6.07 Å². The molecule has 0 bridgehead atoms. The van der Waals surface area contributed by atoms with E-state index < -0.39 is 16.1 Å². The molecule has 0 spiro atoms. The molecule has 0 saturated carbocycles. The number of hydrogen-bond donors (Lipinski definition) is 2. The molecule has 5 nitrogen and oxygen atoms in total. The van der Waals surface area contributed by atoms with Gasteiger partial charge in [0.05, 0.1) is 4.34 Å². The third-order valence-electron chi connectivity index (χ3n) is 3.01. The van der Waals surface area contributed by atoms with Gasteiger partial charge in [-0.15, -0.1) is 22.7 Å². The van der Waals surface area contributed by atoms with Crippen molar-refractivity contribution >= 4 is 50.2 Å². The number of nitrogens with one attached hydrogen (secondary N) is 2. The normalized spacial score (nSPS) is 18.9. The summed E-state index contributed by atoms with van der Waals surface area (Å²) in [6.07, 6.45) is 0.469. The molecule has 1 aliphatic rings. The van der Waals surface area contributed by atoms with Gasteiger partial charge < -0.3 is 5.32 Å². The topological polar surface area (TPSA) is 75.3 Å². The zero-order valence-electron chi connectivity index (χ0n) is 10.6. The van der Waals surface area contributed by atoms with Gasteiger partial charge in [0, 0.05) is 16.3 Å².